The monoisotopic (exact) mass is 331 g/mol. The highest BCUT2D eigenvalue weighted by molar-refractivity contribution is 5.87. The van der Waals surface area contributed by atoms with Crippen molar-refractivity contribution in [2.45, 2.75) is 20.8 Å². The molecule has 3 aromatic rings. The van der Waals surface area contributed by atoms with Crippen LogP contribution >= 0.6 is 0 Å². The van der Waals surface area contributed by atoms with E-state index < -0.39 is 0 Å². The number of hydrogen-bond donors (Lipinski definition) is 1. The van der Waals surface area contributed by atoms with Crippen molar-refractivity contribution in [1.29, 1.82) is 5.26 Å². The van der Waals surface area contributed by atoms with E-state index in [9.17, 15) is 10.4 Å². The molecular formula is C20H17N3O2. The lowest BCUT2D eigenvalue weighted by Crippen LogP contribution is -1.86. The summed E-state index contributed by atoms with van der Waals surface area (Å²) in [6.07, 6.45) is 1.67. The van der Waals surface area contributed by atoms with Gasteiger partial charge in [0.1, 0.15) is 17.4 Å². The van der Waals surface area contributed by atoms with E-state index in [1.165, 1.54) is 0 Å². The zero-order valence-electron chi connectivity index (χ0n) is 14.2. The molecule has 0 aliphatic heterocycles. The molecule has 0 saturated heterocycles. The first kappa shape index (κ1) is 16.5. The minimum atomic E-state index is 0.168. The van der Waals surface area contributed by atoms with Gasteiger partial charge in [0, 0.05) is 5.56 Å². The number of aromatic hydroxyl groups is 1. The molecule has 0 bridgehead atoms. The maximum atomic E-state index is 9.86. The van der Waals surface area contributed by atoms with Crippen molar-refractivity contribution < 1.29 is 9.63 Å². The Morgan fingerprint density at radius 3 is 2.36 bits per heavy atom. The molecule has 5 heteroatoms. The topological polar surface area (TPSA) is 82.9 Å². The third-order valence-electron chi connectivity index (χ3n) is 3.91. The van der Waals surface area contributed by atoms with Crippen molar-refractivity contribution in [3.8, 4) is 23.2 Å². The highest BCUT2D eigenvalue weighted by Gasteiger charge is 2.13. The zero-order valence-corrected chi connectivity index (χ0v) is 14.2. The lowest BCUT2D eigenvalue weighted by molar-refractivity contribution is 0.409. The van der Waals surface area contributed by atoms with Crippen LogP contribution in [0.15, 0.2) is 40.9 Å². The van der Waals surface area contributed by atoms with Gasteiger partial charge < -0.3 is 9.63 Å². The van der Waals surface area contributed by atoms with Gasteiger partial charge in [-0.1, -0.05) is 35.0 Å². The summed E-state index contributed by atoms with van der Waals surface area (Å²) in [4.78, 5) is 4.32. The highest BCUT2D eigenvalue weighted by Crippen LogP contribution is 2.26. The number of benzene rings is 2. The van der Waals surface area contributed by atoms with E-state index in [4.69, 9.17) is 4.52 Å². The molecule has 0 aliphatic carbocycles. The molecule has 1 aromatic heterocycles. The fraction of sp³-hybridized carbons (Fsp3) is 0.150. The highest BCUT2D eigenvalue weighted by atomic mass is 16.5. The van der Waals surface area contributed by atoms with Crippen molar-refractivity contribution >= 4 is 11.6 Å². The second-order valence-corrected chi connectivity index (χ2v) is 5.96. The van der Waals surface area contributed by atoms with Crippen molar-refractivity contribution in [2.24, 2.45) is 0 Å². The molecule has 0 fully saturated rings. The van der Waals surface area contributed by atoms with Gasteiger partial charge in [0.15, 0.2) is 0 Å². The smallest absolute Gasteiger partial charge is 0.268 e. The second kappa shape index (κ2) is 6.62. The van der Waals surface area contributed by atoms with Crippen molar-refractivity contribution in [3.63, 3.8) is 0 Å². The van der Waals surface area contributed by atoms with Gasteiger partial charge in [0.05, 0.1) is 0 Å². The Labute approximate surface area is 145 Å². The Morgan fingerprint density at radius 1 is 1.12 bits per heavy atom. The van der Waals surface area contributed by atoms with Crippen LogP contribution in [0.2, 0.25) is 0 Å². The van der Waals surface area contributed by atoms with Gasteiger partial charge >= 0.3 is 0 Å². The number of nitrogens with zero attached hydrogens (tertiary/aromatic N) is 3. The first-order valence-electron chi connectivity index (χ1n) is 7.81. The summed E-state index contributed by atoms with van der Waals surface area (Å²) >= 11 is 0. The van der Waals surface area contributed by atoms with Crippen LogP contribution in [0, 0.1) is 32.1 Å². The number of hydrogen-bond acceptors (Lipinski definition) is 5. The van der Waals surface area contributed by atoms with Crippen molar-refractivity contribution in [3.05, 3.63) is 64.5 Å². The van der Waals surface area contributed by atoms with E-state index >= 15 is 0 Å². The van der Waals surface area contributed by atoms with E-state index in [-0.39, 0.29) is 17.2 Å². The molecule has 0 saturated carbocycles. The van der Waals surface area contributed by atoms with E-state index in [1.807, 2.05) is 45.0 Å². The van der Waals surface area contributed by atoms with Crippen LogP contribution in [-0.2, 0) is 0 Å². The van der Waals surface area contributed by atoms with Crippen molar-refractivity contribution in [2.75, 3.05) is 0 Å². The summed E-state index contributed by atoms with van der Waals surface area (Å²) in [5, 5.41) is 23.3. The Hall–Kier alpha value is -3.39. The van der Waals surface area contributed by atoms with Crippen LogP contribution in [0.5, 0.6) is 5.75 Å². The quantitative estimate of drug-likeness (QED) is 0.718. The average Bonchev–Trinajstić information content (AvgIpc) is 3.08. The molecule has 0 radical (unpaired) electrons. The molecular weight excluding hydrogens is 314 g/mol. The molecule has 0 amide bonds. The molecule has 0 unspecified atom stereocenters. The van der Waals surface area contributed by atoms with Crippen LogP contribution in [0.25, 0.3) is 23.0 Å². The van der Waals surface area contributed by atoms with Crippen LogP contribution in [0.1, 0.15) is 28.1 Å². The number of aromatic nitrogens is 2. The Morgan fingerprint density at radius 2 is 1.76 bits per heavy atom. The van der Waals surface area contributed by atoms with Crippen LogP contribution in [-0.4, -0.2) is 15.2 Å². The fourth-order valence-corrected chi connectivity index (χ4v) is 2.53. The molecule has 1 heterocycles. The van der Waals surface area contributed by atoms with Crippen molar-refractivity contribution in [1.82, 2.24) is 10.1 Å². The molecule has 25 heavy (non-hydrogen) atoms. The molecule has 124 valence electrons. The number of allylic oxidation sites excluding steroid dienone is 1. The van der Waals surface area contributed by atoms with Gasteiger partial charge in [-0.3, -0.25) is 0 Å². The summed E-state index contributed by atoms with van der Waals surface area (Å²) in [6.45, 7) is 5.63. The predicted molar refractivity (Wildman–Crippen MR) is 95.5 cm³/mol. The van der Waals surface area contributed by atoms with Crippen LogP contribution < -0.4 is 0 Å². The third kappa shape index (κ3) is 3.43. The number of phenolic OH excluding ortho intramolecular Hbond substituents is 1. The maximum Gasteiger partial charge on any atom is 0.268 e. The van der Waals surface area contributed by atoms with Gasteiger partial charge in [-0.2, -0.15) is 10.2 Å². The van der Waals surface area contributed by atoms with Gasteiger partial charge in [-0.15, -0.1) is 0 Å². The predicted octanol–water partition coefficient (Wildman–Crippen LogP) is 4.43. The molecule has 1 N–H and O–H groups in total. The Balaban J connectivity index is 1.97. The first-order chi connectivity index (χ1) is 12.0. The SMILES string of the molecule is Cc1ccc(-c2noc(/C(C#N)=C/c3cc(C)c(O)c(C)c3)n2)cc1. The van der Waals surface area contributed by atoms with E-state index in [0.29, 0.717) is 5.82 Å². The first-order valence-corrected chi connectivity index (χ1v) is 7.81. The van der Waals surface area contributed by atoms with Gasteiger partial charge in [0.2, 0.25) is 5.82 Å². The Kier molecular flexibility index (Phi) is 4.36. The molecule has 0 spiro atoms. The standard InChI is InChI=1S/C20H17N3O2/c1-12-4-6-16(7-5-12)19-22-20(25-23-19)17(11-21)10-15-8-13(2)18(24)14(3)9-15/h4-10,24H,1-3H3/b17-10+. The van der Waals surface area contributed by atoms with E-state index in [1.54, 1.807) is 18.2 Å². The average molecular weight is 331 g/mol. The normalized spacial score (nSPS) is 11.4. The second-order valence-electron chi connectivity index (χ2n) is 5.96. The Bertz CT molecular complexity index is 970. The zero-order chi connectivity index (χ0) is 18.0. The number of nitriles is 1. The number of rotatable bonds is 3. The van der Waals surface area contributed by atoms with Gasteiger partial charge in [-0.05, 0) is 55.7 Å². The fourth-order valence-electron chi connectivity index (χ4n) is 2.53. The van der Waals surface area contributed by atoms with E-state index in [0.717, 1.165) is 27.8 Å². The van der Waals surface area contributed by atoms with Gasteiger partial charge in [-0.25, -0.2) is 0 Å². The largest absolute Gasteiger partial charge is 0.507 e. The van der Waals surface area contributed by atoms with E-state index in [2.05, 4.69) is 16.2 Å². The summed E-state index contributed by atoms with van der Waals surface area (Å²) in [5.41, 5.74) is 4.52. The lowest BCUT2D eigenvalue weighted by Gasteiger charge is -2.04. The number of aryl methyl sites for hydroxylation is 3. The molecule has 0 atom stereocenters. The van der Waals surface area contributed by atoms with Gasteiger partial charge in [0.25, 0.3) is 5.89 Å². The summed E-state index contributed by atoms with van der Waals surface area (Å²) < 4.78 is 5.26. The van der Waals surface area contributed by atoms with Crippen LogP contribution in [0.4, 0.5) is 0 Å². The molecule has 2 aromatic carbocycles. The molecule has 5 nitrogen and oxygen atoms in total. The summed E-state index contributed by atoms with van der Waals surface area (Å²) in [6, 6.07) is 13.5. The number of phenols is 1. The molecule has 0 aliphatic rings. The minimum absolute atomic E-state index is 0.168. The summed E-state index contributed by atoms with van der Waals surface area (Å²) in [7, 11) is 0. The summed E-state index contributed by atoms with van der Waals surface area (Å²) in [5.74, 6) is 0.866. The maximum absolute atomic E-state index is 9.86. The lowest BCUT2D eigenvalue weighted by atomic mass is 10.0. The van der Waals surface area contributed by atoms with Crippen LogP contribution in [0.3, 0.4) is 0 Å². The third-order valence-corrected chi connectivity index (χ3v) is 3.91. The molecule has 3 rings (SSSR count). The minimum Gasteiger partial charge on any atom is -0.507 e.